The van der Waals surface area contributed by atoms with E-state index >= 15 is 0 Å². The Morgan fingerprint density at radius 3 is 2.53 bits per heavy atom. The summed E-state index contributed by atoms with van der Waals surface area (Å²) in [4.78, 5) is 24.1. The Morgan fingerprint density at radius 1 is 1.30 bits per heavy atom. The van der Waals surface area contributed by atoms with Crippen LogP contribution in [0.4, 0.5) is 0 Å². The Bertz CT molecular complexity index is 583. The molecular formula is C18H35N5O7. The van der Waals surface area contributed by atoms with Gasteiger partial charge in [-0.1, -0.05) is 0 Å². The highest BCUT2D eigenvalue weighted by Crippen LogP contribution is 2.31. The standard InChI is InChI=1S/C18H35N5O7/c1-8(19)10-5-4-9(20)18(29-10)30-16-12(21)14(26)17(28-3)13(15(16)27)23(2)11(25)6-22-7-24/h7-10,12-18,26-27H,4-6,19-21H2,1-3H3,(H,22,24)/t8-,9-,10+,12+,13+,14-,15+,16-,17+,18-/m0/s1. The third kappa shape index (κ3) is 5.26. The fourth-order valence-electron chi connectivity index (χ4n) is 4.06. The molecule has 0 aromatic rings. The molecule has 0 unspecified atom stereocenters. The summed E-state index contributed by atoms with van der Waals surface area (Å²) in [6, 6.07) is -2.71. The number of likely N-dealkylation sites (N-methyl/N-ethyl adjacent to an activating group) is 1. The molecule has 1 heterocycles. The quantitative estimate of drug-likeness (QED) is 0.207. The Labute approximate surface area is 176 Å². The number of nitrogens with zero attached hydrogens (tertiary/aromatic N) is 1. The summed E-state index contributed by atoms with van der Waals surface area (Å²) in [5, 5.41) is 24.0. The monoisotopic (exact) mass is 433 g/mol. The number of methoxy groups -OCH3 is 1. The number of amides is 2. The van der Waals surface area contributed by atoms with Crippen LogP contribution in [-0.4, -0.2) is 109 Å². The second kappa shape index (κ2) is 10.8. The van der Waals surface area contributed by atoms with Crippen LogP contribution in [0.3, 0.4) is 0 Å². The molecule has 2 amide bonds. The molecule has 9 N–H and O–H groups in total. The SMILES string of the molecule is CO[C@H]1[C@@H](O)[C@@H](N)[C@H](O[C@@H]2O[C@@H]([C@H](C)N)CC[C@@H]2N)[C@H](O)[C@H]1N(C)C(=O)CNC=O. The van der Waals surface area contributed by atoms with Gasteiger partial charge in [0.25, 0.3) is 0 Å². The first-order valence-corrected chi connectivity index (χ1v) is 10.0. The fraction of sp³-hybridized carbons (Fsp3) is 0.889. The van der Waals surface area contributed by atoms with E-state index in [0.29, 0.717) is 19.3 Å². The first-order chi connectivity index (χ1) is 14.1. The van der Waals surface area contributed by atoms with Crippen LogP contribution in [0, 0.1) is 0 Å². The maximum atomic E-state index is 12.4. The predicted octanol–water partition coefficient (Wildman–Crippen LogP) is -3.80. The molecule has 0 spiro atoms. The van der Waals surface area contributed by atoms with Crippen molar-refractivity contribution >= 4 is 12.3 Å². The largest absolute Gasteiger partial charge is 0.389 e. The molecule has 2 fully saturated rings. The normalized spacial score (nSPS) is 40.5. The van der Waals surface area contributed by atoms with Gasteiger partial charge in [-0.15, -0.1) is 0 Å². The van der Waals surface area contributed by atoms with Gasteiger partial charge in [0.15, 0.2) is 6.29 Å². The zero-order valence-corrected chi connectivity index (χ0v) is 17.6. The van der Waals surface area contributed by atoms with Crippen LogP contribution < -0.4 is 22.5 Å². The maximum absolute atomic E-state index is 12.4. The summed E-state index contributed by atoms with van der Waals surface area (Å²) in [6.45, 7) is 1.54. The lowest BCUT2D eigenvalue weighted by Gasteiger charge is -2.50. The Balaban J connectivity index is 2.22. The zero-order valence-electron chi connectivity index (χ0n) is 17.6. The molecular weight excluding hydrogens is 398 g/mol. The Kier molecular flexibility index (Phi) is 8.94. The molecule has 0 aromatic heterocycles. The molecule has 12 nitrogen and oxygen atoms in total. The number of hydrogen-bond donors (Lipinski definition) is 6. The Hall–Kier alpha value is -1.38. The predicted molar refractivity (Wildman–Crippen MR) is 106 cm³/mol. The van der Waals surface area contributed by atoms with Gasteiger partial charge in [-0.05, 0) is 19.8 Å². The lowest BCUT2D eigenvalue weighted by atomic mass is 9.80. The van der Waals surface area contributed by atoms with Crippen molar-refractivity contribution in [1.82, 2.24) is 10.2 Å². The average Bonchev–Trinajstić information content (AvgIpc) is 2.72. The van der Waals surface area contributed by atoms with Crippen molar-refractivity contribution in [2.24, 2.45) is 17.2 Å². The minimum absolute atomic E-state index is 0.237. The first-order valence-electron chi connectivity index (χ1n) is 10.0. The molecule has 174 valence electrons. The van der Waals surface area contributed by atoms with Gasteiger partial charge in [0, 0.05) is 20.2 Å². The number of nitrogens with one attached hydrogen (secondary N) is 1. The van der Waals surface area contributed by atoms with Gasteiger partial charge in [-0.3, -0.25) is 9.59 Å². The maximum Gasteiger partial charge on any atom is 0.242 e. The number of nitrogens with two attached hydrogens (primary N) is 3. The molecule has 10 atom stereocenters. The summed E-state index contributed by atoms with van der Waals surface area (Å²) in [6.07, 6.45) is -4.09. The van der Waals surface area contributed by atoms with Crippen LogP contribution in [0.25, 0.3) is 0 Å². The van der Waals surface area contributed by atoms with Gasteiger partial charge >= 0.3 is 0 Å². The van der Waals surface area contributed by atoms with E-state index in [4.69, 9.17) is 31.4 Å². The van der Waals surface area contributed by atoms with Crippen LogP contribution in [0.1, 0.15) is 19.8 Å². The molecule has 0 radical (unpaired) electrons. The molecule has 1 aliphatic carbocycles. The van der Waals surface area contributed by atoms with E-state index in [0.717, 1.165) is 0 Å². The topological polar surface area (TPSA) is 196 Å². The van der Waals surface area contributed by atoms with E-state index in [1.165, 1.54) is 19.1 Å². The minimum atomic E-state index is -1.31. The van der Waals surface area contributed by atoms with Crippen molar-refractivity contribution in [3.63, 3.8) is 0 Å². The van der Waals surface area contributed by atoms with Crippen molar-refractivity contribution in [2.45, 2.75) is 80.7 Å². The molecule has 12 heteroatoms. The van der Waals surface area contributed by atoms with Crippen molar-refractivity contribution in [3.8, 4) is 0 Å². The molecule has 30 heavy (non-hydrogen) atoms. The van der Waals surface area contributed by atoms with Crippen molar-refractivity contribution in [3.05, 3.63) is 0 Å². The summed E-state index contributed by atoms with van der Waals surface area (Å²) in [7, 11) is 2.78. The van der Waals surface area contributed by atoms with E-state index in [-0.39, 0.29) is 18.7 Å². The van der Waals surface area contributed by atoms with Gasteiger partial charge in [0.1, 0.15) is 18.3 Å². The minimum Gasteiger partial charge on any atom is -0.389 e. The first kappa shape index (κ1) is 24.9. The smallest absolute Gasteiger partial charge is 0.242 e. The number of hydrogen-bond acceptors (Lipinski definition) is 10. The molecule has 1 saturated heterocycles. The summed E-state index contributed by atoms with van der Waals surface area (Å²) in [5.41, 5.74) is 18.2. The van der Waals surface area contributed by atoms with E-state index in [1.807, 2.05) is 6.92 Å². The number of carbonyl (C=O) groups is 2. The van der Waals surface area contributed by atoms with E-state index in [2.05, 4.69) is 5.32 Å². The number of aliphatic hydroxyl groups excluding tert-OH is 2. The molecule has 2 aliphatic rings. The van der Waals surface area contributed by atoms with Crippen molar-refractivity contribution in [1.29, 1.82) is 0 Å². The molecule has 1 saturated carbocycles. The van der Waals surface area contributed by atoms with Crippen LogP contribution in [0.15, 0.2) is 0 Å². The average molecular weight is 434 g/mol. The van der Waals surface area contributed by atoms with Crippen LogP contribution in [0.2, 0.25) is 0 Å². The second-order valence-electron chi connectivity index (χ2n) is 8.00. The van der Waals surface area contributed by atoms with Gasteiger partial charge < -0.3 is 51.8 Å². The number of rotatable bonds is 8. The van der Waals surface area contributed by atoms with Gasteiger partial charge in [0.05, 0.1) is 36.9 Å². The van der Waals surface area contributed by atoms with Gasteiger partial charge in [-0.2, -0.15) is 0 Å². The van der Waals surface area contributed by atoms with E-state index < -0.39 is 54.7 Å². The lowest BCUT2D eigenvalue weighted by molar-refractivity contribution is -0.267. The van der Waals surface area contributed by atoms with E-state index in [9.17, 15) is 19.8 Å². The summed E-state index contributed by atoms with van der Waals surface area (Å²) >= 11 is 0. The third-order valence-electron chi connectivity index (χ3n) is 5.90. The highest BCUT2D eigenvalue weighted by molar-refractivity contribution is 5.80. The number of ether oxygens (including phenoxy) is 3. The third-order valence-corrected chi connectivity index (χ3v) is 5.90. The second-order valence-corrected chi connectivity index (χ2v) is 8.00. The van der Waals surface area contributed by atoms with Crippen LogP contribution >= 0.6 is 0 Å². The van der Waals surface area contributed by atoms with Gasteiger partial charge in [0.2, 0.25) is 12.3 Å². The van der Waals surface area contributed by atoms with Crippen LogP contribution in [-0.2, 0) is 23.8 Å². The molecule has 2 rings (SSSR count). The molecule has 0 aromatic carbocycles. The summed E-state index contributed by atoms with van der Waals surface area (Å²) < 4.78 is 17.2. The highest BCUT2D eigenvalue weighted by atomic mass is 16.7. The lowest BCUT2D eigenvalue weighted by Crippen LogP contribution is -2.72. The Morgan fingerprint density at radius 2 is 1.97 bits per heavy atom. The molecule has 1 aliphatic heterocycles. The number of aliphatic hydroxyl groups is 2. The molecule has 0 bridgehead atoms. The zero-order chi connectivity index (χ0) is 22.6. The van der Waals surface area contributed by atoms with E-state index in [1.54, 1.807) is 0 Å². The van der Waals surface area contributed by atoms with Crippen molar-refractivity contribution < 1.29 is 34.0 Å². The number of carbonyl (C=O) groups excluding carboxylic acids is 2. The van der Waals surface area contributed by atoms with Crippen LogP contribution in [0.5, 0.6) is 0 Å². The highest BCUT2D eigenvalue weighted by Gasteiger charge is 2.53. The van der Waals surface area contributed by atoms with Gasteiger partial charge in [-0.25, -0.2) is 0 Å². The van der Waals surface area contributed by atoms with Crippen molar-refractivity contribution in [2.75, 3.05) is 20.7 Å². The fourth-order valence-corrected chi connectivity index (χ4v) is 4.06. The summed E-state index contributed by atoms with van der Waals surface area (Å²) in [5.74, 6) is -0.489.